The molecule has 0 aliphatic rings. The van der Waals surface area contributed by atoms with Crippen molar-refractivity contribution in [3.8, 4) is 5.75 Å². The van der Waals surface area contributed by atoms with Gasteiger partial charge in [-0.2, -0.15) is 0 Å². The molecular formula is C17H22AcClN2O3-. The molecule has 0 saturated heterocycles. The maximum Gasteiger partial charge on any atom is 0.309 e. The predicted molar refractivity (Wildman–Crippen MR) is 92.0 cm³/mol. The second-order valence-electron chi connectivity index (χ2n) is 6.05. The van der Waals surface area contributed by atoms with Gasteiger partial charge in [0.25, 0.3) is 0 Å². The summed E-state index contributed by atoms with van der Waals surface area (Å²) in [6.07, 6.45) is 2.72. The van der Waals surface area contributed by atoms with Crippen molar-refractivity contribution < 1.29 is 58.3 Å². The summed E-state index contributed by atoms with van der Waals surface area (Å²) >= 11 is 6.04. The minimum Gasteiger partial charge on any atom is -0.677 e. The molecule has 5 nitrogen and oxygen atoms in total. The molecule has 1 N–H and O–H groups in total. The molecule has 0 bridgehead atoms. The first-order valence-corrected chi connectivity index (χ1v) is 7.87. The minimum atomic E-state index is -0.612. The molecule has 1 aromatic carbocycles. The summed E-state index contributed by atoms with van der Waals surface area (Å²) in [4.78, 5) is 11.2. The average molecular weight is 565 g/mol. The van der Waals surface area contributed by atoms with Crippen LogP contribution in [0.4, 0.5) is 0 Å². The van der Waals surface area contributed by atoms with E-state index >= 15 is 0 Å². The fraction of sp³-hybridized carbons (Fsp3) is 0.471. The van der Waals surface area contributed by atoms with Crippen molar-refractivity contribution in [1.29, 1.82) is 0 Å². The number of rotatable bonds is 7. The minimum absolute atomic E-state index is 0. The van der Waals surface area contributed by atoms with Crippen LogP contribution in [-0.4, -0.2) is 29.1 Å². The van der Waals surface area contributed by atoms with Crippen LogP contribution in [0.25, 0.3) is 16.6 Å². The van der Waals surface area contributed by atoms with E-state index in [2.05, 4.69) is 0 Å². The van der Waals surface area contributed by atoms with Gasteiger partial charge in [-0.25, -0.2) is 0 Å². The number of hydrogen-bond donors (Lipinski definition) is 0. The number of aromatic nitrogens is 1. The zero-order valence-corrected chi connectivity index (χ0v) is 19.8. The van der Waals surface area contributed by atoms with Gasteiger partial charge >= 0.3 is 5.97 Å². The van der Waals surface area contributed by atoms with Crippen LogP contribution < -0.4 is 4.74 Å². The summed E-state index contributed by atoms with van der Waals surface area (Å²) in [7, 11) is 1.62. The molecule has 0 unspecified atom stereocenters. The Balaban J connectivity index is 0.00000288. The maximum atomic E-state index is 11.8. The van der Waals surface area contributed by atoms with Crippen LogP contribution in [0.1, 0.15) is 25.8 Å². The molecule has 0 saturated carbocycles. The van der Waals surface area contributed by atoms with Gasteiger partial charge in [0.15, 0.2) is 6.73 Å². The number of benzene rings is 1. The van der Waals surface area contributed by atoms with Crippen molar-refractivity contribution in [2.24, 2.45) is 0 Å². The number of nitrogens with zero attached hydrogens (tertiary/aromatic N) is 1. The monoisotopic (exact) mass is 564 g/mol. The van der Waals surface area contributed by atoms with Crippen molar-refractivity contribution in [3.05, 3.63) is 35.7 Å². The Morgan fingerprint density at radius 3 is 2.67 bits per heavy atom. The summed E-state index contributed by atoms with van der Waals surface area (Å²) in [6, 6.07) is 5.74. The molecular weight excluding hydrogens is 543 g/mol. The Morgan fingerprint density at radius 2 is 2.08 bits per heavy atom. The largest absolute Gasteiger partial charge is 0.677 e. The van der Waals surface area contributed by atoms with Crippen LogP contribution in [0.2, 0.25) is 0 Å². The normalized spacial score (nSPS) is 11.2. The van der Waals surface area contributed by atoms with E-state index in [0.29, 0.717) is 13.0 Å². The molecule has 1 heterocycles. The van der Waals surface area contributed by atoms with E-state index in [1.165, 1.54) is 0 Å². The number of carbonyl (C=O) groups excluding carboxylic acids is 1. The summed E-state index contributed by atoms with van der Waals surface area (Å²) in [5.74, 6) is 0.435. The average Bonchev–Trinajstić information content (AvgIpc) is 2.81. The third-order valence-electron chi connectivity index (χ3n) is 3.49. The number of ether oxygens (including phenoxy) is 2. The number of fused-ring (bicyclic) bond motifs is 1. The molecule has 0 spiro atoms. The molecule has 24 heavy (non-hydrogen) atoms. The third-order valence-corrected chi connectivity index (χ3v) is 3.63. The van der Waals surface area contributed by atoms with Gasteiger partial charge in [0, 0.05) is 60.5 Å². The molecule has 0 atom stereocenters. The van der Waals surface area contributed by atoms with Gasteiger partial charge in [-0.05, 0) is 44.0 Å². The number of halogens is 1. The summed E-state index contributed by atoms with van der Waals surface area (Å²) in [5, 5.41) is 1.02. The molecule has 0 aliphatic carbocycles. The number of alkyl halides is 1. The van der Waals surface area contributed by atoms with Crippen molar-refractivity contribution in [3.63, 3.8) is 0 Å². The van der Waals surface area contributed by atoms with Crippen LogP contribution in [0.3, 0.4) is 0 Å². The van der Waals surface area contributed by atoms with E-state index in [4.69, 9.17) is 26.8 Å². The molecule has 0 fully saturated rings. The van der Waals surface area contributed by atoms with Gasteiger partial charge in [0.05, 0.1) is 19.0 Å². The van der Waals surface area contributed by atoms with E-state index in [0.717, 1.165) is 22.2 Å². The van der Waals surface area contributed by atoms with Crippen molar-refractivity contribution >= 4 is 28.5 Å². The molecule has 129 valence electrons. The third kappa shape index (κ3) is 5.91. The Kier molecular flexibility index (Phi) is 8.55. The van der Waals surface area contributed by atoms with Crippen LogP contribution in [0, 0.1) is 44.1 Å². The fourth-order valence-corrected chi connectivity index (χ4v) is 2.56. The number of nitrogens with one attached hydrogen (secondary N) is 1. The Bertz CT molecular complexity index is 695. The second-order valence-corrected chi connectivity index (χ2v) is 7.07. The molecule has 2 aromatic rings. The molecule has 7 heteroatoms. The van der Waals surface area contributed by atoms with E-state index in [1.54, 1.807) is 21.0 Å². The predicted octanol–water partition coefficient (Wildman–Crippen LogP) is 4.15. The smallest absolute Gasteiger partial charge is 0.309 e. The van der Waals surface area contributed by atoms with Gasteiger partial charge in [-0.15, -0.1) is 18.1 Å². The standard InChI is InChI=1S/C17H22ClN2O3.Ac/c1-17(2,18)9-16(21)23-11-20-10-12(6-7-19)14-8-13(22-3)4-5-15(14)20;/h4-5,8,10,19H,6-7,9,11H2,1-3H3;/q-1;. The second kappa shape index (κ2) is 9.43. The fourth-order valence-electron chi connectivity index (χ4n) is 2.45. The van der Waals surface area contributed by atoms with E-state index in [-0.39, 0.29) is 63.2 Å². The quantitative estimate of drug-likeness (QED) is 0.375. The topological polar surface area (TPSA) is 64.3 Å². The first-order valence-electron chi connectivity index (χ1n) is 7.49. The first kappa shape index (κ1) is 21.8. The Hall–Kier alpha value is -0.278. The number of esters is 1. The first-order chi connectivity index (χ1) is 10.8. The maximum absolute atomic E-state index is 11.8. The Morgan fingerprint density at radius 1 is 1.38 bits per heavy atom. The molecule has 0 amide bonds. The zero-order chi connectivity index (χ0) is 17.0. The summed E-state index contributed by atoms with van der Waals surface area (Å²) in [6.45, 7) is 3.99. The molecule has 1 radical (unpaired) electrons. The Labute approximate surface area is 183 Å². The van der Waals surface area contributed by atoms with E-state index in [1.807, 2.05) is 29.0 Å². The van der Waals surface area contributed by atoms with E-state index in [9.17, 15) is 4.79 Å². The molecule has 1 aromatic heterocycles. The zero-order valence-electron chi connectivity index (χ0n) is 14.3. The molecule has 2 rings (SSSR count). The van der Waals surface area contributed by atoms with Crippen molar-refractivity contribution in [1.82, 2.24) is 4.57 Å². The number of hydrogen-bond acceptors (Lipinski definition) is 3. The summed E-state index contributed by atoms with van der Waals surface area (Å²) < 4.78 is 12.5. The van der Waals surface area contributed by atoms with Crippen LogP contribution in [0.5, 0.6) is 5.75 Å². The van der Waals surface area contributed by atoms with Crippen molar-refractivity contribution in [2.75, 3.05) is 13.7 Å². The van der Waals surface area contributed by atoms with Crippen molar-refractivity contribution in [2.45, 2.75) is 38.3 Å². The molecule has 0 aliphatic heterocycles. The SMILES string of the molecule is COc1ccc2c(c1)c(CC[NH-])cn2COC(=O)CC(C)(C)Cl.[Ac]. The van der Waals surface area contributed by atoms with Gasteiger partial charge < -0.3 is 19.8 Å². The van der Waals surface area contributed by atoms with Crippen LogP contribution in [0.15, 0.2) is 24.4 Å². The van der Waals surface area contributed by atoms with E-state index < -0.39 is 4.87 Å². The van der Waals surface area contributed by atoms with Gasteiger partial charge in [-0.1, -0.05) is 0 Å². The van der Waals surface area contributed by atoms with Crippen LogP contribution >= 0.6 is 11.6 Å². The van der Waals surface area contributed by atoms with Gasteiger partial charge in [0.2, 0.25) is 0 Å². The van der Waals surface area contributed by atoms with Crippen LogP contribution in [-0.2, 0) is 22.7 Å². The van der Waals surface area contributed by atoms with Gasteiger partial charge in [0.1, 0.15) is 5.75 Å². The summed E-state index contributed by atoms with van der Waals surface area (Å²) in [5.41, 5.74) is 9.45. The van der Waals surface area contributed by atoms with Gasteiger partial charge in [-0.3, -0.25) is 4.79 Å². The number of carbonyl (C=O) groups is 1. The number of methoxy groups -OCH3 is 1.